The zero-order chi connectivity index (χ0) is 12.3. The van der Waals surface area contributed by atoms with Gasteiger partial charge in [0, 0.05) is 3.57 Å². The Labute approximate surface area is 111 Å². The average Bonchev–Trinajstić information content (AvgIpc) is 2.20. The van der Waals surface area contributed by atoms with Crippen molar-refractivity contribution in [3.63, 3.8) is 0 Å². The van der Waals surface area contributed by atoms with Crippen molar-refractivity contribution in [2.45, 2.75) is 46.3 Å². The molecule has 0 radical (unpaired) electrons. The summed E-state index contributed by atoms with van der Waals surface area (Å²) in [4.78, 5) is 0. The number of rotatable bonds is 4. The van der Waals surface area contributed by atoms with Crippen LogP contribution in [0.3, 0.4) is 0 Å². The van der Waals surface area contributed by atoms with Crippen LogP contribution in [0, 0.1) is 10.5 Å². The lowest BCUT2D eigenvalue weighted by atomic mass is 10.0. The molecule has 0 aromatic heterocycles. The molecule has 0 spiro atoms. The van der Waals surface area contributed by atoms with Gasteiger partial charge in [0.15, 0.2) is 0 Å². The molecule has 16 heavy (non-hydrogen) atoms. The van der Waals surface area contributed by atoms with Crippen molar-refractivity contribution in [1.82, 2.24) is 0 Å². The third kappa shape index (κ3) is 3.35. The molecule has 1 N–H and O–H groups in total. The number of hydrogen-bond acceptors (Lipinski definition) is 2. The third-order valence-electron chi connectivity index (χ3n) is 2.40. The normalized spacial score (nSPS) is 12.9. The largest absolute Gasteiger partial charge is 0.491 e. The zero-order valence-corrected chi connectivity index (χ0v) is 12.4. The van der Waals surface area contributed by atoms with Crippen molar-refractivity contribution in [3.05, 3.63) is 26.8 Å². The number of hydrogen-bond donors (Lipinski definition) is 1. The van der Waals surface area contributed by atoms with E-state index < -0.39 is 6.10 Å². The molecule has 1 unspecified atom stereocenters. The van der Waals surface area contributed by atoms with E-state index in [0.717, 1.165) is 26.9 Å². The van der Waals surface area contributed by atoms with Crippen LogP contribution in [0.5, 0.6) is 5.75 Å². The van der Waals surface area contributed by atoms with E-state index in [1.54, 1.807) is 0 Å². The van der Waals surface area contributed by atoms with Crippen molar-refractivity contribution in [3.8, 4) is 5.75 Å². The van der Waals surface area contributed by atoms with Gasteiger partial charge in [0.2, 0.25) is 0 Å². The van der Waals surface area contributed by atoms with Crippen LogP contribution in [0.2, 0.25) is 0 Å². The van der Waals surface area contributed by atoms with Gasteiger partial charge in [-0.25, -0.2) is 0 Å². The maximum Gasteiger partial charge on any atom is 0.123 e. The second-order valence-electron chi connectivity index (χ2n) is 4.23. The van der Waals surface area contributed by atoms with Gasteiger partial charge in [-0.15, -0.1) is 0 Å². The Morgan fingerprint density at radius 2 is 2.00 bits per heavy atom. The first-order valence-electron chi connectivity index (χ1n) is 5.60. The van der Waals surface area contributed by atoms with Crippen LogP contribution >= 0.6 is 22.6 Å². The Bertz CT molecular complexity index is 361. The van der Waals surface area contributed by atoms with Gasteiger partial charge in [0.1, 0.15) is 5.75 Å². The Balaban J connectivity index is 3.11. The highest BCUT2D eigenvalue weighted by molar-refractivity contribution is 14.1. The number of benzene rings is 1. The molecule has 1 rings (SSSR count). The number of ether oxygens (including phenoxy) is 1. The fourth-order valence-electron chi connectivity index (χ4n) is 1.52. The lowest BCUT2D eigenvalue weighted by Gasteiger charge is -2.17. The van der Waals surface area contributed by atoms with Crippen LogP contribution in [0.4, 0.5) is 0 Å². The molecule has 1 aromatic rings. The van der Waals surface area contributed by atoms with E-state index in [1.165, 1.54) is 0 Å². The monoisotopic (exact) mass is 334 g/mol. The van der Waals surface area contributed by atoms with Gasteiger partial charge in [0.25, 0.3) is 0 Å². The van der Waals surface area contributed by atoms with E-state index in [0.29, 0.717) is 0 Å². The molecule has 0 aliphatic rings. The lowest BCUT2D eigenvalue weighted by Crippen LogP contribution is -2.08. The minimum absolute atomic E-state index is 0.158. The fourth-order valence-corrected chi connectivity index (χ4v) is 2.51. The summed E-state index contributed by atoms with van der Waals surface area (Å²) in [5, 5.41) is 9.90. The first-order valence-corrected chi connectivity index (χ1v) is 6.68. The molecule has 0 aliphatic heterocycles. The highest BCUT2D eigenvalue weighted by atomic mass is 127. The van der Waals surface area contributed by atoms with Crippen molar-refractivity contribution < 1.29 is 9.84 Å². The standard InChI is InChI=1S/C13H19IO2/c1-5-12(15)10-7-13(16-8(2)3)9(4)6-11(10)14/h6-8,12,15H,5H2,1-4H3. The number of aliphatic hydroxyl groups is 1. The fraction of sp³-hybridized carbons (Fsp3) is 0.538. The van der Waals surface area contributed by atoms with Crippen LogP contribution in [-0.4, -0.2) is 11.2 Å². The molecule has 0 saturated heterocycles. The molecule has 90 valence electrons. The van der Waals surface area contributed by atoms with Crippen LogP contribution in [0.25, 0.3) is 0 Å². The molecule has 1 aromatic carbocycles. The average molecular weight is 334 g/mol. The smallest absolute Gasteiger partial charge is 0.123 e. The Morgan fingerprint density at radius 1 is 1.38 bits per heavy atom. The van der Waals surface area contributed by atoms with Crippen molar-refractivity contribution in [2.24, 2.45) is 0 Å². The SMILES string of the molecule is CCC(O)c1cc(OC(C)C)c(C)cc1I. The Kier molecular flexibility index (Phi) is 5.05. The number of halogens is 1. The van der Waals surface area contributed by atoms with Gasteiger partial charge in [0.05, 0.1) is 12.2 Å². The summed E-state index contributed by atoms with van der Waals surface area (Å²) >= 11 is 2.26. The second kappa shape index (κ2) is 5.87. The molecular formula is C13H19IO2. The van der Waals surface area contributed by atoms with Gasteiger partial charge >= 0.3 is 0 Å². The van der Waals surface area contributed by atoms with Crippen molar-refractivity contribution in [1.29, 1.82) is 0 Å². The highest BCUT2D eigenvalue weighted by Crippen LogP contribution is 2.30. The van der Waals surface area contributed by atoms with E-state index in [-0.39, 0.29) is 6.10 Å². The first-order chi connectivity index (χ1) is 7.45. The van der Waals surface area contributed by atoms with E-state index in [1.807, 2.05) is 33.8 Å². The van der Waals surface area contributed by atoms with E-state index in [4.69, 9.17) is 4.74 Å². The molecule has 0 aliphatic carbocycles. The number of aliphatic hydroxyl groups excluding tert-OH is 1. The quantitative estimate of drug-likeness (QED) is 0.848. The molecule has 0 fully saturated rings. The lowest BCUT2D eigenvalue weighted by molar-refractivity contribution is 0.171. The molecule has 3 heteroatoms. The molecule has 0 bridgehead atoms. The molecule has 1 atom stereocenters. The zero-order valence-electron chi connectivity index (χ0n) is 10.2. The van der Waals surface area contributed by atoms with Crippen molar-refractivity contribution in [2.75, 3.05) is 0 Å². The molecule has 0 heterocycles. The maximum absolute atomic E-state index is 9.90. The molecule has 0 saturated carbocycles. The van der Waals surface area contributed by atoms with E-state index >= 15 is 0 Å². The van der Waals surface area contributed by atoms with Crippen LogP contribution in [0.15, 0.2) is 12.1 Å². The topological polar surface area (TPSA) is 29.5 Å². The summed E-state index contributed by atoms with van der Waals surface area (Å²) in [6, 6.07) is 4.03. The van der Waals surface area contributed by atoms with Gasteiger partial charge in [-0.1, -0.05) is 6.92 Å². The first kappa shape index (κ1) is 13.8. The van der Waals surface area contributed by atoms with E-state index in [2.05, 4.69) is 28.7 Å². The summed E-state index contributed by atoms with van der Waals surface area (Å²) in [5.41, 5.74) is 2.08. The second-order valence-corrected chi connectivity index (χ2v) is 5.39. The van der Waals surface area contributed by atoms with E-state index in [9.17, 15) is 5.11 Å². The summed E-state index contributed by atoms with van der Waals surface area (Å²) in [6.45, 7) is 8.02. The predicted octanol–water partition coefficient (Wildman–Crippen LogP) is 3.83. The Morgan fingerprint density at radius 3 is 2.50 bits per heavy atom. The minimum atomic E-state index is -0.401. The van der Waals surface area contributed by atoms with Crippen LogP contribution in [0.1, 0.15) is 44.4 Å². The summed E-state index contributed by atoms with van der Waals surface area (Å²) in [7, 11) is 0. The molecular weight excluding hydrogens is 315 g/mol. The molecule has 2 nitrogen and oxygen atoms in total. The molecule has 0 amide bonds. The third-order valence-corrected chi connectivity index (χ3v) is 3.34. The van der Waals surface area contributed by atoms with Crippen LogP contribution in [-0.2, 0) is 0 Å². The summed E-state index contributed by atoms with van der Waals surface area (Å²) in [5.74, 6) is 0.873. The van der Waals surface area contributed by atoms with Gasteiger partial charge < -0.3 is 9.84 Å². The summed E-state index contributed by atoms with van der Waals surface area (Å²) < 4.78 is 6.82. The van der Waals surface area contributed by atoms with Gasteiger partial charge in [-0.2, -0.15) is 0 Å². The highest BCUT2D eigenvalue weighted by Gasteiger charge is 2.13. The van der Waals surface area contributed by atoms with Crippen LogP contribution < -0.4 is 4.74 Å². The van der Waals surface area contributed by atoms with Crippen molar-refractivity contribution >= 4 is 22.6 Å². The maximum atomic E-state index is 9.90. The minimum Gasteiger partial charge on any atom is -0.491 e. The summed E-state index contributed by atoms with van der Waals surface area (Å²) in [6.07, 6.45) is 0.479. The Hall–Kier alpha value is -0.290. The van der Waals surface area contributed by atoms with Gasteiger partial charge in [-0.3, -0.25) is 0 Å². The van der Waals surface area contributed by atoms with Gasteiger partial charge in [-0.05, 0) is 73.0 Å². The predicted molar refractivity (Wildman–Crippen MR) is 74.9 cm³/mol. The number of aryl methyl sites for hydroxylation is 1.